The Kier molecular flexibility index (Phi) is 6.15. The molecule has 0 aliphatic carbocycles. The van der Waals surface area contributed by atoms with Crippen LogP contribution in [-0.4, -0.2) is 50.0 Å². The molecule has 1 aromatic carbocycles. The van der Waals surface area contributed by atoms with Gasteiger partial charge in [-0.25, -0.2) is 8.42 Å². The Labute approximate surface area is 137 Å². The fourth-order valence-corrected chi connectivity index (χ4v) is 4.50. The molecule has 0 saturated carbocycles. The number of rotatable bonds is 7. The first-order valence-electron chi connectivity index (χ1n) is 7.95. The lowest BCUT2D eigenvalue weighted by Gasteiger charge is -2.32. The summed E-state index contributed by atoms with van der Waals surface area (Å²) in [6.07, 6.45) is 2.50. The molecule has 23 heavy (non-hydrogen) atoms. The third kappa shape index (κ3) is 4.76. The van der Waals surface area contributed by atoms with E-state index in [0.29, 0.717) is 24.5 Å². The van der Waals surface area contributed by atoms with E-state index in [1.807, 2.05) is 13.0 Å². The number of piperidine rings is 1. The molecule has 1 atom stereocenters. The number of carbonyl (C=O) groups is 1. The molecule has 0 aromatic heterocycles. The van der Waals surface area contributed by atoms with Crippen LogP contribution in [0.3, 0.4) is 0 Å². The Balaban J connectivity index is 2.05. The Morgan fingerprint density at radius 2 is 2.22 bits per heavy atom. The van der Waals surface area contributed by atoms with Gasteiger partial charge in [-0.2, -0.15) is 4.31 Å². The fourth-order valence-electron chi connectivity index (χ4n) is 2.87. The molecule has 1 aliphatic rings. The van der Waals surface area contributed by atoms with E-state index in [2.05, 4.69) is 5.32 Å². The molecule has 2 N–H and O–H groups in total. The number of hydrogen-bond acceptors (Lipinski definition) is 4. The molecule has 1 aromatic rings. The monoisotopic (exact) mass is 340 g/mol. The van der Waals surface area contributed by atoms with E-state index in [9.17, 15) is 13.2 Å². The summed E-state index contributed by atoms with van der Waals surface area (Å²) in [7, 11) is -3.48. The third-order valence-electron chi connectivity index (χ3n) is 4.14. The van der Waals surface area contributed by atoms with Gasteiger partial charge in [0.1, 0.15) is 0 Å². The molecule has 1 heterocycles. The van der Waals surface area contributed by atoms with Crippen LogP contribution in [0.5, 0.6) is 0 Å². The van der Waals surface area contributed by atoms with E-state index in [-0.39, 0.29) is 12.5 Å². The Hall–Kier alpha value is -1.44. The minimum atomic E-state index is -3.48. The van der Waals surface area contributed by atoms with Crippen molar-refractivity contribution >= 4 is 16.0 Å². The van der Waals surface area contributed by atoms with Crippen molar-refractivity contribution in [2.24, 2.45) is 5.92 Å². The van der Waals surface area contributed by atoms with Crippen molar-refractivity contribution in [3.05, 3.63) is 29.8 Å². The zero-order chi connectivity index (χ0) is 16.9. The highest BCUT2D eigenvalue weighted by Gasteiger charge is 2.30. The average molecular weight is 340 g/mol. The summed E-state index contributed by atoms with van der Waals surface area (Å²) in [5.41, 5.74) is 1.00. The molecule has 128 valence electrons. The van der Waals surface area contributed by atoms with E-state index in [1.165, 1.54) is 4.31 Å². The number of aliphatic carboxylic acids is 1. The van der Waals surface area contributed by atoms with E-state index in [0.717, 1.165) is 24.8 Å². The minimum absolute atomic E-state index is 0.0954. The van der Waals surface area contributed by atoms with E-state index in [1.54, 1.807) is 18.2 Å². The SMILES string of the molecule is CCc1cccc(S(=O)(=O)N2CCCC(CNCC(=O)O)C2)c1. The minimum Gasteiger partial charge on any atom is -0.480 e. The molecule has 1 fully saturated rings. The van der Waals surface area contributed by atoms with Crippen molar-refractivity contribution in [1.82, 2.24) is 9.62 Å². The Bertz CT molecular complexity index is 645. The van der Waals surface area contributed by atoms with Crippen molar-refractivity contribution in [1.29, 1.82) is 0 Å². The summed E-state index contributed by atoms with van der Waals surface area (Å²) in [5, 5.41) is 11.5. The molecule has 1 unspecified atom stereocenters. The lowest BCUT2D eigenvalue weighted by Crippen LogP contribution is -2.43. The van der Waals surface area contributed by atoms with Gasteiger partial charge in [-0.05, 0) is 49.4 Å². The van der Waals surface area contributed by atoms with Crippen LogP contribution in [-0.2, 0) is 21.2 Å². The Morgan fingerprint density at radius 3 is 2.91 bits per heavy atom. The molecule has 0 amide bonds. The fraction of sp³-hybridized carbons (Fsp3) is 0.562. The lowest BCUT2D eigenvalue weighted by atomic mass is 10.00. The van der Waals surface area contributed by atoms with Gasteiger partial charge in [0.05, 0.1) is 11.4 Å². The second-order valence-corrected chi connectivity index (χ2v) is 7.83. The molecule has 0 bridgehead atoms. The molecule has 1 aliphatic heterocycles. The van der Waals surface area contributed by atoms with E-state index in [4.69, 9.17) is 5.11 Å². The highest BCUT2D eigenvalue weighted by atomic mass is 32.2. The van der Waals surface area contributed by atoms with E-state index >= 15 is 0 Å². The van der Waals surface area contributed by atoms with Crippen LogP contribution in [0.15, 0.2) is 29.2 Å². The molecular weight excluding hydrogens is 316 g/mol. The van der Waals surface area contributed by atoms with Gasteiger partial charge >= 0.3 is 5.97 Å². The zero-order valence-corrected chi connectivity index (χ0v) is 14.2. The zero-order valence-electron chi connectivity index (χ0n) is 13.4. The second kappa shape index (κ2) is 7.90. The topological polar surface area (TPSA) is 86.7 Å². The van der Waals surface area contributed by atoms with Gasteiger partial charge in [-0.1, -0.05) is 19.1 Å². The molecule has 1 saturated heterocycles. The van der Waals surface area contributed by atoms with Gasteiger partial charge in [-0.3, -0.25) is 4.79 Å². The van der Waals surface area contributed by atoms with Crippen molar-refractivity contribution in [2.75, 3.05) is 26.2 Å². The number of sulfonamides is 1. The quantitative estimate of drug-likeness (QED) is 0.782. The largest absolute Gasteiger partial charge is 0.480 e. The maximum atomic E-state index is 12.8. The van der Waals surface area contributed by atoms with Crippen molar-refractivity contribution in [2.45, 2.75) is 31.1 Å². The second-order valence-electron chi connectivity index (χ2n) is 5.90. The molecule has 2 rings (SSSR count). The smallest absolute Gasteiger partial charge is 0.317 e. The van der Waals surface area contributed by atoms with Gasteiger partial charge in [0.15, 0.2) is 0 Å². The first-order chi connectivity index (χ1) is 10.9. The highest BCUT2D eigenvalue weighted by molar-refractivity contribution is 7.89. The first kappa shape index (κ1) is 17.9. The summed E-state index contributed by atoms with van der Waals surface area (Å²) < 4.78 is 27.1. The van der Waals surface area contributed by atoms with Crippen LogP contribution in [0, 0.1) is 5.92 Å². The number of carboxylic acid groups (broad SMARTS) is 1. The van der Waals surface area contributed by atoms with Crippen LogP contribution >= 0.6 is 0 Å². The summed E-state index contributed by atoms with van der Waals surface area (Å²) in [6, 6.07) is 7.08. The molecule has 0 radical (unpaired) electrons. The highest BCUT2D eigenvalue weighted by Crippen LogP contribution is 2.24. The van der Waals surface area contributed by atoms with Gasteiger partial charge in [-0.15, -0.1) is 0 Å². The molecular formula is C16H24N2O4S. The summed E-state index contributed by atoms with van der Waals surface area (Å²) in [4.78, 5) is 10.9. The molecule has 0 spiro atoms. The van der Waals surface area contributed by atoms with Crippen molar-refractivity contribution < 1.29 is 18.3 Å². The lowest BCUT2D eigenvalue weighted by molar-refractivity contribution is -0.136. The van der Waals surface area contributed by atoms with Crippen LogP contribution in [0.2, 0.25) is 0 Å². The van der Waals surface area contributed by atoms with Gasteiger partial charge < -0.3 is 10.4 Å². The summed E-state index contributed by atoms with van der Waals surface area (Å²) >= 11 is 0. The number of nitrogens with zero attached hydrogens (tertiary/aromatic N) is 1. The maximum Gasteiger partial charge on any atom is 0.317 e. The summed E-state index contributed by atoms with van der Waals surface area (Å²) in [5.74, 6) is -0.756. The summed E-state index contributed by atoms with van der Waals surface area (Å²) in [6.45, 7) is 3.38. The number of carboxylic acids is 1. The van der Waals surface area contributed by atoms with Crippen LogP contribution in [0.25, 0.3) is 0 Å². The van der Waals surface area contributed by atoms with Gasteiger partial charge in [0.2, 0.25) is 10.0 Å². The van der Waals surface area contributed by atoms with Crippen molar-refractivity contribution in [3.63, 3.8) is 0 Å². The van der Waals surface area contributed by atoms with Gasteiger partial charge in [0, 0.05) is 13.1 Å². The van der Waals surface area contributed by atoms with Crippen LogP contribution < -0.4 is 5.32 Å². The standard InChI is InChI=1S/C16H24N2O4S/c1-2-13-5-3-7-15(9-13)23(21,22)18-8-4-6-14(12-18)10-17-11-16(19)20/h3,5,7,9,14,17H,2,4,6,8,10-12H2,1H3,(H,19,20). The van der Waals surface area contributed by atoms with Crippen LogP contribution in [0.4, 0.5) is 0 Å². The maximum absolute atomic E-state index is 12.8. The number of benzene rings is 1. The number of hydrogen-bond donors (Lipinski definition) is 2. The first-order valence-corrected chi connectivity index (χ1v) is 9.39. The number of aryl methyl sites for hydroxylation is 1. The normalized spacial score (nSPS) is 19.6. The predicted octanol–water partition coefficient (Wildman–Crippen LogP) is 1.32. The predicted molar refractivity (Wildman–Crippen MR) is 87.8 cm³/mol. The molecule has 7 heteroatoms. The van der Waals surface area contributed by atoms with Gasteiger partial charge in [0.25, 0.3) is 0 Å². The third-order valence-corrected chi connectivity index (χ3v) is 6.00. The molecule has 6 nitrogen and oxygen atoms in total. The van der Waals surface area contributed by atoms with Crippen molar-refractivity contribution in [3.8, 4) is 0 Å². The number of nitrogens with one attached hydrogen (secondary N) is 1. The Morgan fingerprint density at radius 1 is 1.43 bits per heavy atom. The average Bonchev–Trinajstić information content (AvgIpc) is 2.55. The van der Waals surface area contributed by atoms with Crippen LogP contribution in [0.1, 0.15) is 25.3 Å². The van der Waals surface area contributed by atoms with E-state index < -0.39 is 16.0 Å².